The molecular formula is C28H47O6P. The lowest BCUT2D eigenvalue weighted by Gasteiger charge is -2.26. The summed E-state index contributed by atoms with van der Waals surface area (Å²) in [6.45, 7) is 25.4. The second-order valence-electron chi connectivity index (χ2n) is 12.9. The zero-order valence-electron chi connectivity index (χ0n) is 23.6. The zero-order chi connectivity index (χ0) is 28.2. The fourth-order valence-corrected chi connectivity index (χ4v) is 3.51. The maximum atomic E-state index is 10.3. The number of aromatic hydroxyl groups is 2. The van der Waals surface area contributed by atoms with Gasteiger partial charge < -0.3 is 24.9 Å². The Balaban J connectivity index is 0.000000555. The van der Waals surface area contributed by atoms with Crippen molar-refractivity contribution in [3.05, 3.63) is 58.7 Å². The van der Waals surface area contributed by atoms with Gasteiger partial charge in [0.15, 0.2) is 0 Å². The standard InChI is InChI=1S/2C14H22O.H3O4P/c2*1-13(2,3)10-8-7-9-11(12(10)15)14(4,5)6;1-5(2,3)4/h2*7-9,15H,1-6H3;(H3,1,2,3,4). The Bertz CT molecular complexity index is 863. The quantitative estimate of drug-likeness (QED) is 0.242. The molecule has 0 radical (unpaired) electrons. The second kappa shape index (κ2) is 11.5. The fraction of sp³-hybridized carbons (Fsp3) is 0.571. The molecule has 0 heterocycles. The molecule has 0 aliphatic heterocycles. The van der Waals surface area contributed by atoms with E-state index in [1.165, 1.54) is 0 Å². The highest BCUT2D eigenvalue weighted by Crippen LogP contribution is 2.39. The monoisotopic (exact) mass is 510 g/mol. The summed E-state index contributed by atoms with van der Waals surface area (Å²) in [5, 5.41) is 20.5. The van der Waals surface area contributed by atoms with Crippen LogP contribution in [0.1, 0.15) is 105 Å². The molecule has 5 N–H and O–H groups in total. The van der Waals surface area contributed by atoms with Crippen molar-refractivity contribution >= 4 is 7.82 Å². The SMILES string of the molecule is CC(C)(C)c1cccc(C(C)(C)C)c1O.CC(C)(C)c1cccc(C(C)(C)C)c1O.O=P(O)(O)O. The van der Waals surface area contributed by atoms with Crippen LogP contribution in [0.3, 0.4) is 0 Å². The number of hydrogen-bond donors (Lipinski definition) is 5. The predicted molar refractivity (Wildman–Crippen MR) is 145 cm³/mol. The molecule has 0 saturated heterocycles. The minimum atomic E-state index is -4.64. The normalized spacial score (nSPS) is 12.8. The molecule has 0 aliphatic rings. The van der Waals surface area contributed by atoms with Crippen molar-refractivity contribution in [1.82, 2.24) is 0 Å². The number of rotatable bonds is 0. The minimum Gasteiger partial charge on any atom is -0.507 e. The Morgan fingerprint density at radius 1 is 0.486 bits per heavy atom. The first-order valence-corrected chi connectivity index (χ1v) is 13.3. The van der Waals surface area contributed by atoms with E-state index in [4.69, 9.17) is 19.2 Å². The molecule has 6 nitrogen and oxygen atoms in total. The van der Waals surface area contributed by atoms with E-state index in [-0.39, 0.29) is 21.7 Å². The van der Waals surface area contributed by atoms with Crippen molar-refractivity contribution < 1.29 is 29.5 Å². The molecular weight excluding hydrogens is 463 g/mol. The average molecular weight is 511 g/mol. The number of phosphoric acid groups is 1. The van der Waals surface area contributed by atoms with Crippen LogP contribution in [0.4, 0.5) is 0 Å². The molecule has 0 amide bonds. The van der Waals surface area contributed by atoms with Crippen molar-refractivity contribution in [1.29, 1.82) is 0 Å². The molecule has 0 saturated carbocycles. The molecule has 0 bridgehead atoms. The van der Waals surface area contributed by atoms with E-state index in [0.29, 0.717) is 11.5 Å². The van der Waals surface area contributed by atoms with Crippen LogP contribution in [-0.4, -0.2) is 24.9 Å². The summed E-state index contributed by atoms with van der Waals surface area (Å²) in [5.74, 6) is 0.912. The molecule has 0 atom stereocenters. The van der Waals surface area contributed by atoms with E-state index < -0.39 is 7.82 Å². The second-order valence-corrected chi connectivity index (χ2v) is 13.9. The van der Waals surface area contributed by atoms with Crippen LogP contribution in [0.15, 0.2) is 36.4 Å². The summed E-state index contributed by atoms with van der Waals surface area (Å²) in [6, 6.07) is 12.1. The molecule has 0 aromatic heterocycles. The number of benzene rings is 2. The van der Waals surface area contributed by atoms with Crippen LogP contribution in [0.2, 0.25) is 0 Å². The van der Waals surface area contributed by atoms with Gasteiger partial charge in [-0.25, -0.2) is 4.57 Å². The number of hydrogen-bond acceptors (Lipinski definition) is 3. The van der Waals surface area contributed by atoms with E-state index in [1.807, 2.05) is 36.4 Å². The molecule has 2 aromatic carbocycles. The maximum absolute atomic E-state index is 10.3. The highest BCUT2D eigenvalue weighted by molar-refractivity contribution is 7.45. The van der Waals surface area contributed by atoms with Gasteiger partial charge in [-0.3, -0.25) is 0 Å². The molecule has 200 valence electrons. The van der Waals surface area contributed by atoms with Crippen molar-refractivity contribution in [3.8, 4) is 11.5 Å². The highest BCUT2D eigenvalue weighted by atomic mass is 31.2. The number of para-hydroxylation sites is 2. The average Bonchev–Trinajstić information content (AvgIpc) is 2.57. The van der Waals surface area contributed by atoms with E-state index in [2.05, 4.69) is 83.1 Å². The number of phenols is 2. The first kappa shape index (κ1) is 33.1. The van der Waals surface area contributed by atoms with Gasteiger partial charge in [-0.1, -0.05) is 119 Å². The predicted octanol–water partition coefficient (Wildman–Crippen LogP) is 7.05. The molecule has 0 spiro atoms. The largest absolute Gasteiger partial charge is 0.507 e. The van der Waals surface area contributed by atoms with E-state index in [0.717, 1.165) is 22.3 Å². The first-order chi connectivity index (χ1) is 15.3. The van der Waals surface area contributed by atoms with E-state index >= 15 is 0 Å². The van der Waals surface area contributed by atoms with Gasteiger partial charge in [0.05, 0.1) is 0 Å². The maximum Gasteiger partial charge on any atom is 0.466 e. The fourth-order valence-electron chi connectivity index (χ4n) is 3.51. The lowest BCUT2D eigenvalue weighted by atomic mass is 9.79. The van der Waals surface area contributed by atoms with Crippen LogP contribution in [0.5, 0.6) is 11.5 Å². The summed E-state index contributed by atoms with van der Waals surface area (Å²) in [6.07, 6.45) is 0. The van der Waals surface area contributed by atoms with Crippen molar-refractivity contribution in [2.45, 2.75) is 105 Å². The van der Waals surface area contributed by atoms with Gasteiger partial charge in [-0.15, -0.1) is 0 Å². The third-order valence-electron chi connectivity index (χ3n) is 5.30. The zero-order valence-corrected chi connectivity index (χ0v) is 24.5. The summed E-state index contributed by atoms with van der Waals surface area (Å²) < 4.78 is 8.88. The molecule has 2 rings (SSSR count). The van der Waals surface area contributed by atoms with E-state index in [9.17, 15) is 10.2 Å². The molecule has 0 fully saturated rings. The van der Waals surface area contributed by atoms with Gasteiger partial charge in [0.2, 0.25) is 0 Å². The molecule has 0 unspecified atom stereocenters. The minimum absolute atomic E-state index is 0.00859. The smallest absolute Gasteiger partial charge is 0.466 e. The Hall–Kier alpha value is -1.85. The summed E-state index contributed by atoms with van der Waals surface area (Å²) in [4.78, 5) is 21.6. The van der Waals surface area contributed by atoms with Gasteiger partial charge in [0, 0.05) is 0 Å². The van der Waals surface area contributed by atoms with Crippen LogP contribution in [-0.2, 0) is 26.2 Å². The van der Waals surface area contributed by atoms with Gasteiger partial charge in [0.25, 0.3) is 0 Å². The topological polar surface area (TPSA) is 118 Å². The lowest BCUT2D eigenvalue weighted by molar-refractivity contribution is 0.275. The number of phenolic OH excluding ortho intramolecular Hbond substituents is 2. The molecule has 0 aliphatic carbocycles. The summed E-state index contributed by atoms with van der Waals surface area (Å²) in [7, 11) is -4.64. The lowest BCUT2D eigenvalue weighted by Crippen LogP contribution is -2.16. The van der Waals surface area contributed by atoms with Crippen LogP contribution >= 0.6 is 7.82 Å². The molecule has 35 heavy (non-hydrogen) atoms. The summed E-state index contributed by atoms with van der Waals surface area (Å²) in [5.41, 5.74) is 4.06. The molecule has 7 heteroatoms. The summed E-state index contributed by atoms with van der Waals surface area (Å²) >= 11 is 0. The van der Waals surface area contributed by atoms with Crippen molar-refractivity contribution in [2.75, 3.05) is 0 Å². The van der Waals surface area contributed by atoms with Gasteiger partial charge in [-0.05, 0) is 43.9 Å². The van der Waals surface area contributed by atoms with Crippen molar-refractivity contribution in [3.63, 3.8) is 0 Å². The highest BCUT2D eigenvalue weighted by Gasteiger charge is 2.25. The van der Waals surface area contributed by atoms with Crippen LogP contribution < -0.4 is 0 Å². The van der Waals surface area contributed by atoms with E-state index in [1.54, 1.807) is 0 Å². The Morgan fingerprint density at radius 2 is 0.629 bits per heavy atom. The Kier molecular flexibility index (Phi) is 10.9. The van der Waals surface area contributed by atoms with Gasteiger partial charge in [-0.2, -0.15) is 0 Å². The van der Waals surface area contributed by atoms with Crippen molar-refractivity contribution in [2.24, 2.45) is 0 Å². The van der Waals surface area contributed by atoms with Crippen LogP contribution in [0, 0.1) is 0 Å². The third kappa shape index (κ3) is 11.6. The third-order valence-corrected chi connectivity index (χ3v) is 5.30. The Morgan fingerprint density at radius 3 is 0.743 bits per heavy atom. The van der Waals surface area contributed by atoms with Gasteiger partial charge in [0.1, 0.15) is 11.5 Å². The first-order valence-electron chi connectivity index (χ1n) is 11.7. The molecule has 2 aromatic rings. The van der Waals surface area contributed by atoms with Gasteiger partial charge >= 0.3 is 7.82 Å². The van der Waals surface area contributed by atoms with Crippen LogP contribution in [0.25, 0.3) is 0 Å². The Labute approximate surface area is 212 Å².